The monoisotopic (exact) mass is 383 g/mol. The maximum absolute atomic E-state index is 12.6. The Labute approximate surface area is 163 Å². The first-order chi connectivity index (χ1) is 13.1. The minimum atomic E-state index is -0.197. The summed E-state index contributed by atoms with van der Waals surface area (Å²) in [6.07, 6.45) is 8.04. The van der Waals surface area contributed by atoms with E-state index in [0.717, 1.165) is 18.1 Å². The minimum absolute atomic E-state index is 0.197. The predicted molar refractivity (Wildman–Crippen MR) is 105 cm³/mol. The number of carbonyl (C=O) groups is 1. The third-order valence-corrected chi connectivity index (χ3v) is 6.55. The molecule has 0 bridgehead atoms. The number of rotatable bonds is 5. The van der Waals surface area contributed by atoms with Gasteiger partial charge in [0.05, 0.1) is 30.5 Å². The van der Waals surface area contributed by atoms with Crippen LogP contribution in [-0.2, 0) is 0 Å². The molecule has 1 saturated heterocycles. The van der Waals surface area contributed by atoms with E-state index >= 15 is 0 Å². The molecule has 6 heteroatoms. The highest BCUT2D eigenvalue weighted by molar-refractivity contribution is 7.16. The van der Waals surface area contributed by atoms with Gasteiger partial charge in [0, 0.05) is 23.8 Å². The number of likely N-dealkylation sites (tertiary alicyclic amines) is 1. The van der Waals surface area contributed by atoms with Gasteiger partial charge in [-0.1, -0.05) is 0 Å². The number of hydrogen-bond acceptors (Lipinski definition) is 3. The number of furan rings is 1. The molecule has 4 rings (SSSR count). The van der Waals surface area contributed by atoms with Crippen molar-refractivity contribution in [2.24, 2.45) is 0 Å². The maximum atomic E-state index is 12.6. The number of aromatic nitrogens is 1. The number of hydrogen-bond donors (Lipinski definition) is 2. The summed E-state index contributed by atoms with van der Waals surface area (Å²) in [7, 11) is 0. The van der Waals surface area contributed by atoms with Crippen molar-refractivity contribution in [3.63, 3.8) is 0 Å². The molecule has 4 heterocycles. The molecule has 1 atom stereocenters. The Kier molecular flexibility index (Phi) is 5.09. The number of thiophene rings is 1. The van der Waals surface area contributed by atoms with Crippen molar-refractivity contribution in [3.8, 4) is 0 Å². The van der Waals surface area contributed by atoms with E-state index < -0.39 is 0 Å². The molecule has 0 radical (unpaired) electrons. The maximum Gasteiger partial charge on any atom is 0.291 e. The molecule has 3 aromatic rings. The van der Waals surface area contributed by atoms with Crippen LogP contribution in [0.25, 0.3) is 0 Å². The molecule has 27 heavy (non-hydrogen) atoms. The number of nitrogens with one attached hydrogen (secondary N) is 3. The summed E-state index contributed by atoms with van der Waals surface area (Å²) < 4.78 is 5.27. The molecule has 1 fully saturated rings. The van der Waals surface area contributed by atoms with E-state index in [9.17, 15) is 4.79 Å². The SMILES string of the molecule is Cc1sc(NC(=O)c2ccco2)c(C(c2ccc[nH+]c2)[NH+]2CCCC2)c1C. The van der Waals surface area contributed by atoms with Crippen LogP contribution >= 0.6 is 11.3 Å². The first kappa shape index (κ1) is 17.9. The van der Waals surface area contributed by atoms with Gasteiger partial charge in [0.25, 0.3) is 5.91 Å². The van der Waals surface area contributed by atoms with Gasteiger partial charge in [0.2, 0.25) is 0 Å². The Bertz CT molecular complexity index is 913. The van der Waals surface area contributed by atoms with Gasteiger partial charge in [0.15, 0.2) is 18.2 Å². The first-order valence-electron chi connectivity index (χ1n) is 9.40. The van der Waals surface area contributed by atoms with Crippen LogP contribution in [0, 0.1) is 13.8 Å². The molecule has 1 amide bonds. The standard InChI is InChI=1S/C21H23N3O2S/c1-14-15(2)27-21(23-20(25)17-8-6-12-26-17)18(14)19(24-10-3-4-11-24)16-7-5-9-22-13-16/h5-9,12-13,19H,3-4,10-11H2,1-2H3,(H,23,25)/p+2. The number of pyridine rings is 1. The summed E-state index contributed by atoms with van der Waals surface area (Å²) in [5, 5.41) is 4.04. The Morgan fingerprint density at radius 1 is 1.26 bits per heavy atom. The van der Waals surface area contributed by atoms with Crippen LogP contribution in [0.1, 0.15) is 51.0 Å². The third-order valence-electron chi connectivity index (χ3n) is 5.41. The van der Waals surface area contributed by atoms with Crippen molar-refractivity contribution in [1.82, 2.24) is 0 Å². The third kappa shape index (κ3) is 3.55. The molecule has 140 valence electrons. The summed E-state index contributed by atoms with van der Waals surface area (Å²) in [6.45, 7) is 6.59. The predicted octanol–water partition coefficient (Wildman–Crippen LogP) is 2.79. The molecule has 1 unspecified atom stereocenters. The van der Waals surface area contributed by atoms with Crippen molar-refractivity contribution in [2.45, 2.75) is 32.7 Å². The number of amides is 1. The quantitative estimate of drug-likeness (QED) is 0.712. The van der Waals surface area contributed by atoms with Gasteiger partial charge in [-0.15, -0.1) is 11.3 Å². The summed E-state index contributed by atoms with van der Waals surface area (Å²) in [5.74, 6) is 0.139. The number of carbonyl (C=O) groups excluding carboxylic acids is 1. The van der Waals surface area contributed by atoms with Crippen LogP contribution in [0.3, 0.4) is 0 Å². The zero-order valence-corrected chi connectivity index (χ0v) is 16.5. The second-order valence-electron chi connectivity index (χ2n) is 7.09. The van der Waals surface area contributed by atoms with Crippen LogP contribution < -0.4 is 15.2 Å². The molecule has 0 saturated carbocycles. The van der Waals surface area contributed by atoms with Gasteiger partial charge < -0.3 is 14.6 Å². The Balaban J connectivity index is 1.76. The summed E-state index contributed by atoms with van der Waals surface area (Å²) in [4.78, 5) is 18.6. The van der Waals surface area contributed by atoms with Gasteiger partial charge in [-0.25, -0.2) is 4.98 Å². The molecular weight excluding hydrogens is 358 g/mol. The van der Waals surface area contributed by atoms with E-state index in [0.29, 0.717) is 5.76 Å². The van der Waals surface area contributed by atoms with Crippen molar-refractivity contribution < 1.29 is 19.1 Å². The van der Waals surface area contributed by atoms with Gasteiger partial charge >= 0.3 is 0 Å². The lowest BCUT2D eigenvalue weighted by atomic mass is 9.96. The lowest BCUT2D eigenvalue weighted by molar-refractivity contribution is -0.913. The van der Waals surface area contributed by atoms with Crippen LogP contribution in [0.2, 0.25) is 0 Å². The smallest absolute Gasteiger partial charge is 0.291 e. The van der Waals surface area contributed by atoms with Crippen molar-refractivity contribution in [1.29, 1.82) is 0 Å². The molecule has 0 spiro atoms. The number of aromatic amines is 1. The van der Waals surface area contributed by atoms with E-state index in [2.05, 4.69) is 36.4 Å². The van der Waals surface area contributed by atoms with Gasteiger partial charge in [-0.05, 0) is 37.6 Å². The van der Waals surface area contributed by atoms with Crippen molar-refractivity contribution in [2.75, 3.05) is 18.4 Å². The molecular formula is C21H25N3O2S+2. The van der Waals surface area contributed by atoms with Crippen LogP contribution in [0.5, 0.6) is 0 Å². The number of anilines is 1. The fourth-order valence-corrected chi connectivity index (χ4v) is 5.06. The topological polar surface area (TPSA) is 60.8 Å². The largest absolute Gasteiger partial charge is 0.459 e. The molecule has 1 aliphatic heterocycles. The second kappa shape index (κ2) is 7.66. The highest BCUT2D eigenvalue weighted by atomic mass is 32.1. The van der Waals surface area contributed by atoms with E-state index in [-0.39, 0.29) is 11.9 Å². The van der Waals surface area contributed by atoms with Gasteiger partial charge in [0.1, 0.15) is 11.0 Å². The highest BCUT2D eigenvalue weighted by Gasteiger charge is 2.35. The summed E-state index contributed by atoms with van der Waals surface area (Å²) >= 11 is 1.65. The van der Waals surface area contributed by atoms with Gasteiger partial charge in [-0.3, -0.25) is 4.79 Å². The Morgan fingerprint density at radius 3 is 2.74 bits per heavy atom. The van der Waals surface area contributed by atoms with Crippen LogP contribution in [0.4, 0.5) is 5.00 Å². The highest BCUT2D eigenvalue weighted by Crippen LogP contribution is 2.38. The molecule has 3 N–H and O–H groups in total. The van der Waals surface area contributed by atoms with Crippen LogP contribution in [-0.4, -0.2) is 19.0 Å². The molecule has 0 aliphatic carbocycles. The number of H-pyrrole nitrogens is 1. The fraction of sp³-hybridized carbons (Fsp3) is 0.333. The summed E-state index contributed by atoms with van der Waals surface area (Å²) in [5.41, 5.74) is 3.75. The van der Waals surface area contributed by atoms with Crippen molar-refractivity contribution >= 4 is 22.2 Å². The molecule has 1 aliphatic rings. The number of quaternary nitrogens is 1. The van der Waals surface area contributed by atoms with Crippen LogP contribution in [0.15, 0.2) is 47.3 Å². The van der Waals surface area contributed by atoms with E-state index in [1.165, 1.54) is 40.7 Å². The van der Waals surface area contributed by atoms with E-state index in [1.54, 1.807) is 28.4 Å². The minimum Gasteiger partial charge on any atom is -0.459 e. The molecule has 0 aromatic carbocycles. The first-order valence-corrected chi connectivity index (χ1v) is 10.2. The van der Waals surface area contributed by atoms with E-state index in [1.807, 2.05) is 12.3 Å². The average Bonchev–Trinajstić information content (AvgIpc) is 3.42. The zero-order chi connectivity index (χ0) is 18.8. The lowest BCUT2D eigenvalue weighted by Gasteiger charge is -2.25. The lowest BCUT2D eigenvalue weighted by Crippen LogP contribution is -3.10. The second-order valence-corrected chi connectivity index (χ2v) is 8.32. The average molecular weight is 384 g/mol. The normalized spacial score (nSPS) is 15.8. The molecule has 3 aromatic heterocycles. The van der Waals surface area contributed by atoms with Gasteiger partial charge in [-0.2, -0.15) is 0 Å². The Hall–Kier alpha value is -2.44. The fourth-order valence-electron chi connectivity index (χ4n) is 3.97. The molecule has 5 nitrogen and oxygen atoms in total. The number of aryl methyl sites for hydroxylation is 1. The Morgan fingerprint density at radius 2 is 2.07 bits per heavy atom. The summed E-state index contributed by atoms with van der Waals surface area (Å²) in [6, 6.07) is 7.86. The zero-order valence-electron chi connectivity index (χ0n) is 15.7. The van der Waals surface area contributed by atoms with E-state index in [4.69, 9.17) is 4.42 Å². The van der Waals surface area contributed by atoms with Crippen molar-refractivity contribution in [3.05, 3.63) is 70.3 Å².